The molecule has 0 atom stereocenters. The zero-order chi connectivity index (χ0) is 29.9. The monoisotopic (exact) mass is 594 g/mol. The standard InChI is InChI=1S/C26H32FN4O7PS/c1-7-36-22(33)25(3,4)30-39(35,31-26(5,6)23(34)37-8-2)18-13-12-17(38-18)19-21(40-24(28)29-19)20(32)15-10-9-11-16(27)14-15/h9-14H,7-8H2,1-6H3,(H2,28,29)(H2,30,31,35). The van der Waals surface area contributed by atoms with Gasteiger partial charge in [0.15, 0.2) is 16.4 Å². The molecule has 0 aliphatic rings. The van der Waals surface area contributed by atoms with E-state index in [1.54, 1.807) is 13.8 Å². The predicted octanol–water partition coefficient (Wildman–Crippen LogP) is 4.04. The number of carbonyl (C=O) groups excluding carboxylic acids is 3. The van der Waals surface area contributed by atoms with Gasteiger partial charge in [0.1, 0.15) is 27.5 Å². The van der Waals surface area contributed by atoms with Crippen LogP contribution in [0.1, 0.15) is 56.8 Å². The molecule has 0 unspecified atom stereocenters. The molecular formula is C26H32FN4O7PS. The molecule has 2 heterocycles. The van der Waals surface area contributed by atoms with Crippen LogP contribution < -0.4 is 21.4 Å². The van der Waals surface area contributed by atoms with Gasteiger partial charge in [-0.05, 0) is 65.8 Å². The average Bonchev–Trinajstić information content (AvgIpc) is 3.50. The van der Waals surface area contributed by atoms with Crippen molar-refractivity contribution in [3.8, 4) is 11.5 Å². The maximum Gasteiger partial charge on any atom is 0.326 e. The lowest BCUT2D eigenvalue weighted by Crippen LogP contribution is -2.55. The number of rotatable bonds is 12. The SMILES string of the molecule is CCOC(=O)C(C)(C)NP(=O)(NC(C)(C)C(=O)OCC)c1ccc(-c2nc(N)sc2C(=O)c2cccc(F)c2)o1. The van der Waals surface area contributed by atoms with E-state index in [1.165, 1.54) is 58.0 Å². The number of nitrogens with one attached hydrogen (secondary N) is 2. The minimum Gasteiger partial charge on any atom is -0.465 e. The molecule has 216 valence electrons. The lowest BCUT2D eigenvalue weighted by atomic mass is 10.1. The number of hydrogen-bond acceptors (Lipinski definition) is 10. The average molecular weight is 595 g/mol. The summed E-state index contributed by atoms with van der Waals surface area (Å²) in [5.74, 6) is -2.46. The summed E-state index contributed by atoms with van der Waals surface area (Å²) >= 11 is 0.886. The molecule has 3 rings (SSSR count). The van der Waals surface area contributed by atoms with Crippen LogP contribution in [-0.2, 0) is 23.6 Å². The van der Waals surface area contributed by atoms with Crippen LogP contribution in [0, 0.1) is 5.82 Å². The number of carbonyl (C=O) groups is 3. The van der Waals surface area contributed by atoms with Crippen LogP contribution in [0.2, 0.25) is 0 Å². The Labute approximate surface area is 235 Å². The molecular weight excluding hydrogens is 562 g/mol. The number of thiazole rings is 1. The van der Waals surface area contributed by atoms with Gasteiger partial charge in [-0.25, -0.2) is 19.5 Å². The Morgan fingerprint density at radius 2 is 1.60 bits per heavy atom. The summed E-state index contributed by atoms with van der Waals surface area (Å²) in [4.78, 5) is 42.8. The first kappa shape index (κ1) is 31.2. The molecule has 14 heteroatoms. The molecule has 11 nitrogen and oxygen atoms in total. The van der Waals surface area contributed by atoms with E-state index >= 15 is 0 Å². The number of hydrogen-bond donors (Lipinski definition) is 3. The molecule has 4 N–H and O–H groups in total. The van der Waals surface area contributed by atoms with Gasteiger partial charge >= 0.3 is 11.9 Å². The van der Waals surface area contributed by atoms with Gasteiger partial charge in [0.05, 0.1) is 13.2 Å². The molecule has 0 aliphatic heterocycles. The van der Waals surface area contributed by atoms with Gasteiger partial charge in [-0.15, -0.1) is 0 Å². The van der Waals surface area contributed by atoms with E-state index in [0.717, 1.165) is 17.4 Å². The van der Waals surface area contributed by atoms with Crippen LogP contribution >= 0.6 is 18.8 Å². The van der Waals surface area contributed by atoms with Crippen LogP contribution in [0.5, 0.6) is 0 Å². The van der Waals surface area contributed by atoms with Crippen molar-refractivity contribution >= 4 is 47.1 Å². The number of nitrogen functional groups attached to an aromatic ring is 1. The van der Waals surface area contributed by atoms with Gasteiger partial charge < -0.3 is 19.6 Å². The fraction of sp³-hybridized carbons (Fsp3) is 0.385. The molecule has 1 aromatic carbocycles. The number of nitrogens with zero attached hydrogens (tertiary/aromatic N) is 1. The lowest BCUT2D eigenvalue weighted by molar-refractivity contribution is -0.149. The van der Waals surface area contributed by atoms with Crippen molar-refractivity contribution in [1.82, 2.24) is 15.2 Å². The third-order valence-corrected chi connectivity index (χ3v) is 9.01. The highest BCUT2D eigenvalue weighted by atomic mass is 32.1. The highest BCUT2D eigenvalue weighted by molar-refractivity contribution is 7.67. The number of esters is 2. The van der Waals surface area contributed by atoms with Crippen LogP contribution in [0.25, 0.3) is 11.5 Å². The molecule has 0 bridgehead atoms. The second kappa shape index (κ2) is 12.0. The second-order valence-electron chi connectivity index (χ2n) is 9.73. The van der Waals surface area contributed by atoms with Gasteiger partial charge in [0.25, 0.3) is 7.44 Å². The quantitative estimate of drug-likeness (QED) is 0.158. The highest BCUT2D eigenvalue weighted by Crippen LogP contribution is 2.43. The third kappa shape index (κ3) is 6.84. The zero-order valence-corrected chi connectivity index (χ0v) is 24.7. The maximum absolute atomic E-state index is 14.5. The van der Waals surface area contributed by atoms with Crippen molar-refractivity contribution in [2.45, 2.75) is 52.6 Å². The molecule has 40 heavy (non-hydrogen) atoms. The summed E-state index contributed by atoms with van der Waals surface area (Å²) < 4.78 is 44.4. The Hall–Kier alpha value is -3.38. The first-order valence-electron chi connectivity index (χ1n) is 12.3. The molecule has 0 aliphatic carbocycles. The van der Waals surface area contributed by atoms with E-state index in [0.29, 0.717) is 0 Å². The van der Waals surface area contributed by atoms with E-state index in [2.05, 4.69) is 15.2 Å². The summed E-state index contributed by atoms with van der Waals surface area (Å²) in [6, 6.07) is 7.95. The molecule has 3 aromatic rings. The smallest absolute Gasteiger partial charge is 0.326 e. The van der Waals surface area contributed by atoms with Crippen LogP contribution in [0.15, 0.2) is 40.8 Å². The van der Waals surface area contributed by atoms with Crippen molar-refractivity contribution < 1.29 is 37.2 Å². The summed E-state index contributed by atoms with van der Waals surface area (Å²) in [7, 11) is -4.12. The Kier molecular flexibility index (Phi) is 9.35. The van der Waals surface area contributed by atoms with E-state index in [4.69, 9.17) is 19.6 Å². The lowest BCUT2D eigenvalue weighted by Gasteiger charge is -2.34. The van der Waals surface area contributed by atoms with Gasteiger partial charge in [0, 0.05) is 5.56 Å². The number of ether oxygens (including phenoxy) is 2. The number of ketones is 1. The summed E-state index contributed by atoms with van der Waals surface area (Å²) in [5, 5.41) is 5.62. The largest absolute Gasteiger partial charge is 0.465 e. The summed E-state index contributed by atoms with van der Waals surface area (Å²) in [6.45, 7) is 9.33. The maximum atomic E-state index is 14.5. The van der Waals surface area contributed by atoms with Crippen molar-refractivity contribution in [3.63, 3.8) is 0 Å². The Morgan fingerprint density at radius 1 is 1.02 bits per heavy atom. The van der Waals surface area contributed by atoms with Gasteiger partial charge in [-0.1, -0.05) is 23.5 Å². The Bertz CT molecular complexity index is 1430. The van der Waals surface area contributed by atoms with Crippen molar-refractivity contribution in [2.75, 3.05) is 18.9 Å². The Balaban J connectivity index is 2.08. The van der Waals surface area contributed by atoms with Crippen LogP contribution in [0.3, 0.4) is 0 Å². The molecule has 0 fully saturated rings. The molecule has 0 saturated carbocycles. The van der Waals surface area contributed by atoms with E-state index < -0.39 is 42.1 Å². The predicted molar refractivity (Wildman–Crippen MR) is 149 cm³/mol. The van der Waals surface area contributed by atoms with Crippen molar-refractivity contribution in [1.29, 1.82) is 0 Å². The topological polar surface area (TPSA) is 163 Å². The fourth-order valence-electron chi connectivity index (χ4n) is 3.68. The third-order valence-electron chi connectivity index (χ3n) is 5.52. The number of furan rings is 1. The van der Waals surface area contributed by atoms with Gasteiger partial charge in [-0.2, -0.15) is 0 Å². The fourth-order valence-corrected chi connectivity index (χ4v) is 7.03. The minimum atomic E-state index is -4.12. The first-order valence-corrected chi connectivity index (χ1v) is 14.9. The van der Waals surface area contributed by atoms with Crippen molar-refractivity contribution in [2.24, 2.45) is 0 Å². The van der Waals surface area contributed by atoms with Crippen LogP contribution in [0.4, 0.5) is 9.52 Å². The Morgan fingerprint density at radius 3 is 2.12 bits per heavy atom. The van der Waals surface area contributed by atoms with Gasteiger partial charge in [0.2, 0.25) is 5.78 Å². The molecule has 2 aromatic heterocycles. The second-order valence-corrected chi connectivity index (χ2v) is 12.9. The molecule has 0 radical (unpaired) electrons. The minimum absolute atomic E-state index is 0.0365. The summed E-state index contributed by atoms with van der Waals surface area (Å²) in [6.07, 6.45) is 0. The number of nitrogens with two attached hydrogens (primary N) is 1. The molecule has 0 saturated heterocycles. The van der Waals surface area contributed by atoms with E-state index in [9.17, 15) is 23.3 Å². The van der Waals surface area contributed by atoms with Gasteiger partial charge in [-0.3, -0.25) is 18.9 Å². The van der Waals surface area contributed by atoms with Crippen LogP contribution in [-0.4, -0.2) is 47.0 Å². The number of halogens is 1. The summed E-state index contributed by atoms with van der Waals surface area (Å²) in [5.41, 5.74) is 2.90. The zero-order valence-electron chi connectivity index (χ0n) is 23.0. The number of benzene rings is 1. The number of aromatic nitrogens is 1. The van der Waals surface area contributed by atoms with E-state index in [-0.39, 0.29) is 45.7 Å². The molecule has 0 amide bonds. The highest BCUT2D eigenvalue weighted by Gasteiger charge is 2.45. The first-order chi connectivity index (χ1) is 18.6. The van der Waals surface area contributed by atoms with E-state index in [1.807, 2.05) is 0 Å². The van der Waals surface area contributed by atoms with Crippen molar-refractivity contribution in [3.05, 3.63) is 52.7 Å². The molecule has 0 spiro atoms. The number of anilines is 1. The normalized spacial score (nSPS) is 12.3.